The molecule has 0 saturated carbocycles. The third-order valence-corrected chi connectivity index (χ3v) is 9.30. The number of ether oxygens (including phenoxy) is 2. The minimum Gasteiger partial charge on any atom is -0.507 e. The van der Waals surface area contributed by atoms with Gasteiger partial charge in [0.2, 0.25) is 0 Å². The summed E-state index contributed by atoms with van der Waals surface area (Å²) in [5.74, 6) is 5.46. The lowest BCUT2D eigenvalue weighted by Gasteiger charge is -2.26. The van der Waals surface area contributed by atoms with Gasteiger partial charge in [0.1, 0.15) is 17.2 Å². The zero-order chi connectivity index (χ0) is 27.7. The largest absolute Gasteiger partial charge is 0.507 e. The Morgan fingerprint density at radius 1 is 0.605 bits per heavy atom. The maximum absolute atomic E-state index is 11.1. The molecule has 3 nitrogen and oxygen atoms in total. The molecule has 1 aliphatic rings. The van der Waals surface area contributed by atoms with E-state index in [1.807, 2.05) is 35.7 Å². The van der Waals surface area contributed by atoms with E-state index in [0.29, 0.717) is 5.75 Å². The number of methoxy groups -OCH3 is 2. The van der Waals surface area contributed by atoms with Crippen LogP contribution in [0, 0.1) is 0 Å². The van der Waals surface area contributed by atoms with E-state index < -0.39 is 0 Å². The van der Waals surface area contributed by atoms with Gasteiger partial charge in [-0.15, -0.1) is 0 Å². The highest BCUT2D eigenvalue weighted by molar-refractivity contribution is 7.98. The highest BCUT2D eigenvalue weighted by Gasteiger charge is 2.24. The Morgan fingerprint density at radius 3 is 1.34 bits per heavy atom. The maximum atomic E-state index is 11.1. The van der Waals surface area contributed by atoms with Crippen molar-refractivity contribution in [1.29, 1.82) is 0 Å². The number of hydrogen-bond donors (Lipinski definition) is 1. The topological polar surface area (TPSA) is 38.7 Å². The number of para-hydroxylation sites is 1. The Morgan fingerprint density at radius 2 is 0.974 bits per heavy atom. The molecule has 0 spiro atoms. The number of benzene rings is 3. The van der Waals surface area contributed by atoms with E-state index in [4.69, 9.17) is 9.47 Å². The molecule has 1 aliphatic heterocycles. The summed E-state index contributed by atoms with van der Waals surface area (Å²) in [6, 6.07) is 15.4. The molecule has 0 amide bonds. The van der Waals surface area contributed by atoms with Crippen LogP contribution in [-0.4, -0.2) is 19.3 Å². The SMILES string of the molecule is COc1c2cc(C(C)(C)C)cc1Cc1cc(C(C)(C)C)cc(c1OC)CSCc1cccc(c1O)CSC2. The van der Waals surface area contributed by atoms with Crippen LogP contribution in [0.3, 0.4) is 0 Å². The lowest BCUT2D eigenvalue weighted by atomic mass is 9.82. The quantitative estimate of drug-likeness (QED) is 0.345. The van der Waals surface area contributed by atoms with E-state index in [2.05, 4.69) is 71.9 Å². The number of phenolic OH excluding ortho intramolecular Hbond substituents is 1. The number of phenols is 1. The van der Waals surface area contributed by atoms with Crippen molar-refractivity contribution in [2.24, 2.45) is 0 Å². The molecule has 0 fully saturated rings. The molecule has 4 rings (SSSR count). The van der Waals surface area contributed by atoms with Crippen molar-refractivity contribution in [3.05, 3.63) is 87.0 Å². The normalized spacial score (nSPS) is 14.7. The first kappa shape index (κ1) is 28.8. The number of fused-ring (bicyclic) bond motifs is 6. The Labute approximate surface area is 237 Å². The van der Waals surface area contributed by atoms with Crippen molar-refractivity contribution >= 4 is 23.5 Å². The van der Waals surface area contributed by atoms with Gasteiger partial charge in [0.05, 0.1) is 14.2 Å². The standard InChI is InChI=1S/C33H42O3S2/c1-32(2,3)27-13-23-12-24-14-28(33(4,5)6)16-26(31(24)36-8)20-38-18-22-11-9-10-21(29(22)34)17-37-19-25(15-27)30(23)35-7/h9-11,13-16,34H,12,17-20H2,1-8H3. The van der Waals surface area contributed by atoms with E-state index in [9.17, 15) is 5.11 Å². The van der Waals surface area contributed by atoms with Crippen molar-refractivity contribution in [2.75, 3.05) is 14.2 Å². The van der Waals surface area contributed by atoms with Gasteiger partial charge in [0.15, 0.2) is 0 Å². The second kappa shape index (κ2) is 11.5. The van der Waals surface area contributed by atoms with Crippen molar-refractivity contribution in [2.45, 2.75) is 81.8 Å². The third-order valence-electron chi connectivity index (χ3n) is 7.24. The Balaban J connectivity index is 1.94. The predicted molar refractivity (Wildman–Crippen MR) is 164 cm³/mol. The van der Waals surface area contributed by atoms with E-state index in [0.717, 1.165) is 52.1 Å². The Hall–Kier alpha value is -2.24. The van der Waals surface area contributed by atoms with Crippen molar-refractivity contribution in [3.8, 4) is 17.2 Å². The van der Waals surface area contributed by atoms with E-state index in [1.165, 1.54) is 33.4 Å². The van der Waals surface area contributed by atoms with Crippen molar-refractivity contribution < 1.29 is 14.6 Å². The van der Waals surface area contributed by atoms with Gasteiger partial charge in [-0.1, -0.05) is 84.0 Å². The van der Waals surface area contributed by atoms with Gasteiger partial charge in [-0.3, -0.25) is 0 Å². The number of aromatic hydroxyl groups is 1. The minimum absolute atomic E-state index is 0.00696. The van der Waals surface area contributed by atoms with Crippen LogP contribution in [0.2, 0.25) is 0 Å². The summed E-state index contributed by atoms with van der Waals surface area (Å²) in [6.45, 7) is 13.6. The van der Waals surface area contributed by atoms with Gasteiger partial charge in [-0.05, 0) is 33.1 Å². The fraction of sp³-hybridized carbons (Fsp3) is 0.455. The molecular formula is C33H42O3S2. The van der Waals surface area contributed by atoms with Gasteiger partial charge < -0.3 is 14.6 Å². The monoisotopic (exact) mass is 550 g/mol. The first-order valence-corrected chi connectivity index (χ1v) is 15.6. The zero-order valence-electron chi connectivity index (χ0n) is 24.2. The molecule has 38 heavy (non-hydrogen) atoms. The molecule has 6 bridgehead atoms. The van der Waals surface area contributed by atoms with Crippen LogP contribution >= 0.6 is 23.5 Å². The average molecular weight is 551 g/mol. The van der Waals surface area contributed by atoms with E-state index in [-0.39, 0.29) is 10.8 Å². The fourth-order valence-electron chi connectivity index (χ4n) is 5.00. The number of rotatable bonds is 2. The molecule has 204 valence electrons. The minimum atomic E-state index is 0.00696. The van der Waals surface area contributed by atoms with Gasteiger partial charge in [0.25, 0.3) is 0 Å². The average Bonchev–Trinajstić information content (AvgIpc) is 2.84. The molecule has 0 unspecified atom stereocenters. The molecular weight excluding hydrogens is 508 g/mol. The van der Waals surface area contributed by atoms with Crippen LogP contribution in [0.4, 0.5) is 0 Å². The smallest absolute Gasteiger partial charge is 0.126 e. The lowest BCUT2D eigenvalue weighted by Crippen LogP contribution is -2.15. The highest BCUT2D eigenvalue weighted by atomic mass is 32.2. The van der Waals surface area contributed by atoms with Gasteiger partial charge in [-0.25, -0.2) is 0 Å². The fourth-order valence-corrected chi connectivity index (χ4v) is 6.98. The molecule has 3 aromatic carbocycles. The van der Waals surface area contributed by atoms with Crippen LogP contribution in [0.15, 0.2) is 42.5 Å². The number of thioether (sulfide) groups is 2. The van der Waals surface area contributed by atoms with Crippen LogP contribution in [0.25, 0.3) is 0 Å². The van der Waals surface area contributed by atoms with Crippen LogP contribution in [0.5, 0.6) is 17.2 Å². The summed E-state index contributed by atoms with van der Waals surface area (Å²) in [7, 11) is 3.56. The second-order valence-corrected chi connectivity index (χ2v) is 14.2. The van der Waals surface area contributed by atoms with Gasteiger partial charge in [0, 0.05) is 51.7 Å². The van der Waals surface area contributed by atoms with Gasteiger partial charge >= 0.3 is 0 Å². The maximum Gasteiger partial charge on any atom is 0.126 e. The summed E-state index contributed by atoms with van der Waals surface area (Å²) in [6.07, 6.45) is 0.745. The first-order valence-electron chi connectivity index (χ1n) is 13.3. The summed E-state index contributed by atoms with van der Waals surface area (Å²) >= 11 is 3.64. The summed E-state index contributed by atoms with van der Waals surface area (Å²) in [5, 5.41) is 11.1. The molecule has 0 aliphatic carbocycles. The summed E-state index contributed by atoms with van der Waals surface area (Å²) in [4.78, 5) is 0. The van der Waals surface area contributed by atoms with E-state index in [1.54, 1.807) is 14.2 Å². The molecule has 1 heterocycles. The number of hydrogen-bond acceptors (Lipinski definition) is 5. The molecule has 0 radical (unpaired) electrons. The first-order chi connectivity index (χ1) is 17.9. The summed E-state index contributed by atoms with van der Waals surface area (Å²) in [5.41, 5.74) is 9.37. The van der Waals surface area contributed by atoms with Crippen molar-refractivity contribution in [1.82, 2.24) is 0 Å². The predicted octanol–water partition coefficient (Wildman–Crippen LogP) is 8.78. The van der Waals surface area contributed by atoms with Crippen LogP contribution < -0.4 is 9.47 Å². The molecule has 3 aromatic rings. The summed E-state index contributed by atoms with van der Waals surface area (Å²) < 4.78 is 12.2. The van der Waals surface area contributed by atoms with E-state index >= 15 is 0 Å². The third kappa shape index (κ3) is 6.31. The lowest BCUT2D eigenvalue weighted by molar-refractivity contribution is 0.401. The molecule has 0 atom stereocenters. The molecule has 0 saturated heterocycles. The highest BCUT2D eigenvalue weighted by Crippen LogP contribution is 2.41. The van der Waals surface area contributed by atoms with Gasteiger partial charge in [-0.2, -0.15) is 23.5 Å². The molecule has 1 N–H and O–H groups in total. The van der Waals surface area contributed by atoms with Crippen LogP contribution in [-0.2, 0) is 40.3 Å². The van der Waals surface area contributed by atoms with Crippen LogP contribution in [0.1, 0.15) is 86.1 Å². The van der Waals surface area contributed by atoms with Crippen molar-refractivity contribution in [3.63, 3.8) is 0 Å². The zero-order valence-corrected chi connectivity index (χ0v) is 25.8. The molecule has 0 aromatic heterocycles. The molecule has 5 heteroatoms. The Kier molecular flexibility index (Phi) is 8.68. The Bertz CT molecular complexity index is 1200. The second-order valence-electron chi connectivity index (χ2n) is 12.2.